The van der Waals surface area contributed by atoms with Gasteiger partial charge in [0.25, 0.3) is 0 Å². The molecule has 0 saturated heterocycles. The van der Waals surface area contributed by atoms with Crippen LogP contribution in [0.25, 0.3) is 0 Å². The van der Waals surface area contributed by atoms with Gasteiger partial charge < -0.3 is 10.3 Å². The Balaban J connectivity index is 3.35. The third-order valence-electron chi connectivity index (χ3n) is 2.09. The molecule has 14 heavy (non-hydrogen) atoms. The Morgan fingerprint density at radius 1 is 1.50 bits per heavy atom. The molecular weight excluding hydrogens is 174 g/mol. The quantitative estimate of drug-likeness (QED) is 0.756. The Bertz CT molecular complexity index is 399. The number of nitrogens with zero attached hydrogens (tertiary/aromatic N) is 2. The molecule has 0 spiro atoms. The minimum atomic E-state index is 0.335. The van der Waals surface area contributed by atoms with Gasteiger partial charge in [-0.05, 0) is 18.1 Å². The van der Waals surface area contributed by atoms with E-state index >= 15 is 0 Å². The van der Waals surface area contributed by atoms with E-state index in [1.807, 2.05) is 23.7 Å². The molecule has 0 aromatic carbocycles. The molecule has 1 aromatic rings. The molecule has 3 nitrogen and oxygen atoms in total. The number of nitrogens with two attached hydrogens (primary N) is 1. The van der Waals surface area contributed by atoms with Crippen LogP contribution in [0.5, 0.6) is 0 Å². The maximum atomic E-state index is 5.45. The van der Waals surface area contributed by atoms with E-state index in [2.05, 4.69) is 31.5 Å². The molecule has 0 fully saturated rings. The first-order valence-corrected chi connectivity index (χ1v) is 4.67. The molecule has 0 radical (unpaired) electrons. The molecule has 0 amide bonds. The fourth-order valence-electron chi connectivity index (χ4n) is 1.43. The lowest BCUT2D eigenvalue weighted by molar-refractivity contribution is 0.694. The summed E-state index contributed by atoms with van der Waals surface area (Å²) in [5.74, 6) is 0.808. The van der Waals surface area contributed by atoms with Gasteiger partial charge in [0.15, 0.2) is 0 Å². The lowest BCUT2D eigenvalue weighted by Crippen LogP contribution is -2.22. The molecule has 1 aromatic heterocycles. The molecule has 0 aliphatic rings. The molecule has 76 valence electrons. The number of rotatable bonds is 2. The second-order valence-corrected chi connectivity index (χ2v) is 3.63. The maximum absolute atomic E-state index is 5.45. The van der Waals surface area contributed by atoms with Crippen molar-refractivity contribution in [1.82, 2.24) is 4.57 Å². The standard InChI is InChI=1S/C11H17N3/c1-8(2)10-6-5-7-11(14(10)4)13-9(3)12/h5-8H,3,12H2,1-2,4H3/b13-11-. The van der Waals surface area contributed by atoms with Crippen molar-refractivity contribution >= 4 is 0 Å². The second-order valence-electron chi connectivity index (χ2n) is 3.63. The van der Waals surface area contributed by atoms with E-state index < -0.39 is 0 Å². The molecule has 1 heterocycles. The van der Waals surface area contributed by atoms with E-state index in [4.69, 9.17) is 5.73 Å². The largest absolute Gasteiger partial charge is 0.384 e. The first-order valence-electron chi connectivity index (χ1n) is 4.67. The van der Waals surface area contributed by atoms with E-state index in [1.54, 1.807) is 0 Å². The van der Waals surface area contributed by atoms with Crippen molar-refractivity contribution in [2.24, 2.45) is 17.8 Å². The van der Waals surface area contributed by atoms with Crippen LogP contribution in [0.15, 0.2) is 35.6 Å². The van der Waals surface area contributed by atoms with Gasteiger partial charge in [-0.2, -0.15) is 0 Å². The molecule has 3 heteroatoms. The van der Waals surface area contributed by atoms with Crippen molar-refractivity contribution < 1.29 is 0 Å². The predicted molar refractivity (Wildman–Crippen MR) is 58.4 cm³/mol. The van der Waals surface area contributed by atoms with Gasteiger partial charge >= 0.3 is 0 Å². The lowest BCUT2D eigenvalue weighted by atomic mass is 10.1. The average molecular weight is 191 g/mol. The van der Waals surface area contributed by atoms with Crippen LogP contribution in [0.3, 0.4) is 0 Å². The Hall–Kier alpha value is -1.51. The van der Waals surface area contributed by atoms with E-state index in [9.17, 15) is 0 Å². The number of pyridine rings is 1. The Kier molecular flexibility index (Phi) is 3.12. The highest BCUT2D eigenvalue weighted by Crippen LogP contribution is 2.10. The highest BCUT2D eigenvalue weighted by Gasteiger charge is 2.01. The molecule has 0 aliphatic heterocycles. The van der Waals surface area contributed by atoms with E-state index in [0.717, 1.165) is 5.49 Å². The summed E-state index contributed by atoms with van der Waals surface area (Å²) >= 11 is 0. The fourth-order valence-corrected chi connectivity index (χ4v) is 1.43. The van der Waals surface area contributed by atoms with Gasteiger partial charge in [0.2, 0.25) is 0 Å². The van der Waals surface area contributed by atoms with Crippen LogP contribution in [-0.4, -0.2) is 4.57 Å². The first kappa shape index (κ1) is 10.6. The van der Waals surface area contributed by atoms with Crippen molar-refractivity contribution in [2.75, 3.05) is 0 Å². The number of aromatic nitrogens is 1. The van der Waals surface area contributed by atoms with E-state index in [-0.39, 0.29) is 0 Å². The molecule has 0 unspecified atom stereocenters. The van der Waals surface area contributed by atoms with Gasteiger partial charge in [-0.15, -0.1) is 0 Å². The summed E-state index contributed by atoms with van der Waals surface area (Å²) in [6, 6.07) is 5.99. The summed E-state index contributed by atoms with van der Waals surface area (Å²) in [5, 5.41) is 0. The topological polar surface area (TPSA) is 43.3 Å². The van der Waals surface area contributed by atoms with Gasteiger partial charge in [0.05, 0.1) is 0 Å². The van der Waals surface area contributed by atoms with Crippen LogP contribution < -0.4 is 11.2 Å². The van der Waals surface area contributed by atoms with E-state index in [1.165, 1.54) is 5.69 Å². The number of hydrogen-bond donors (Lipinski definition) is 1. The Morgan fingerprint density at radius 3 is 2.64 bits per heavy atom. The smallest absolute Gasteiger partial charge is 0.134 e. The SMILES string of the molecule is C=C(N)/N=c1/cccc(C(C)C)n1C. The van der Waals surface area contributed by atoms with Gasteiger partial charge in [0, 0.05) is 12.7 Å². The molecule has 0 bridgehead atoms. The average Bonchev–Trinajstić information content (AvgIpc) is 2.07. The fraction of sp³-hybridized carbons (Fsp3) is 0.364. The van der Waals surface area contributed by atoms with Gasteiger partial charge in [-0.1, -0.05) is 26.5 Å². The molecule has 2 N–H and O–H groups in total. The third kappa shape index (κ3) is 2.25. The van der Waals surface area contributed by atoms with Gasteiger partial charge in [-0.3, -0.25) is 0 Å². The molecular formula is C11H17N3. The molecule has 0 atom stereocenters. The monoisotopic (exact) mass is 191 g/mol. The summed E-state index contributed by atoms with van der Waals surface area (Å²) in [6.45, 7) is 7.86. The van der Waals surface area contributed by atoms with Crippen molar-refractivity contribution in [3.05, 3.63) is 41.8 Å². The van der Waals surface area contributed by atoms with Crippen molar-refractivity contribution in [2.45, 2.75) is 19.8 Å². The summed E-state index contributed by atoms with van der Waals surface area (Å²) < 4.78 is 2.03. The Morgan fingerprint density at radius 2 is 2.14 bits per heavy atom. The predicted octanol–water partition coefficient (Wildman–Crippen LogP) is 1.48. The molecule has 1 rings (SSSR count). The summed E-state index contributed by atoms with van der Waals surface area (Å²) in [4.78, 5) is 4.15. The zero-order valence-electron chi connectivity index (χ0n) is 8.99. The zero-order chi connectivity index (χ0) is 10.7. The van der Waals surface area contributed by atoms with Crippen molar-refractivity contribution in [1.29, 1.82) is 0 Å². The van der Waals surface area contributed by atoms with Gasteiger partial charge in [-0.25, -0.2) is 4.99 Å². The minimum absolute atomic E-state index is 0.335. The summed E-state index contributed by atoms with van der Waals surface area (Å²) in [7, 11) is 1.98. The maximum Gasteiger partial charge on any atom is 0.134 e. The Labute approximate surface area is 84.6 Å². The highest BCUT2D eigenvalue weighted by molar-refractivity contribution is 5.10. The van der Waals surface area contributed by atoms with Crippen LogP contribution in [0.2, 0.25) is 0 Å². The van der Waals surface area contributed by atoms with Crippen molar-refractivity contribution in [3.63, 3.8) is 0 Å². The first-order chi connectivity index (χ1) is 6.52. The minimum Gasteiger partial charge on any atom is -0.384 e. The summed E-state index contributed by atoms with van der Waals surface area (Å²) in [6.07, 6.45) is 0. The normalized spacial score (nSPS) is 12.1. The van der Waals surface area contributed by atoms with Crippen molar-refractivity contribution in [3.8, 4) is 0 Å². The highest BCUT2D eigenvalue weighted by atomic mass is 15.0. The zero-order valence-corrected chi connectivity index (χ0v) is 8.99. The molecule has 0 saturated carbocycles. The second kappa shape index (κ2) is 4.13. The van der Waals surface area contributed by atoms with Crippen LogP contribution in [-0.2, 0) is 7.05 Å². The van der Waals surface area contributed by atoms with Crippen LogP contribution >= 0.6 is 0 Å². The van der Waals surface area contributed by atoms with E-state index in [0.29, 0.717) is 11.7 Å². The number of hydrogen-bond acceptors (Lipinski definition) is 2. The lowest BCUT2D eigenvalue weighted by Gasteiger charge is -2.12. The van der Waals surface area contributed by atoms with Crippen LogP contribution in [0.4, 0.5) is 0 Å². The van der Waals surface area contributed by atoms with Crippen LogP contribution in [0.1, 0.15) is 25.5 Å². The summed E-state index contributed by atoms with van der Waals surface area (Å²) in [5.41, 5.74) is 7.51. The van der Waals surface area contributed by atoms with Crippen LogP contribution in [0, 0.1) is 0 Å². The third-order valence-corrected chi connectivity index (χ3v) is 2.09. The van der Waals surface area contributed by atoms with Gasteiger partial charge in [0.1, 0.15) is 11.3 Å². The molecule has 0 aliphatic carbocycles.